The van der Waals surface area contributed by atoms with Gasteiger partial charge in [-0.15, -0.1) is 0 Å². The van der Waals surface area contributed by atoms with Crippen LogP contribution in [0, 0.1) is 0 Å². The molecular weight excluding hydrogens is 312 g/mol. The van der Waals surface area contributed by atoms with Gasteiger partial charge in [-0.2, -0.15) is 0 Å². The number of H-pyrrole nitrogens is 1. The lowest BCUT2D eigenvalue weighted by Gasteiger charge is -2.09. The number of carboxylic acid groups (broad SMARTS) is 1. The number of carboxylic acids is 1. The minimum Gasteiger partial charge on any atom is -0.491 e. The van der Waals surface area contributed by atoms with Crippen molar-refractivity contribution in [1.82, 2.24) is 9.97 Å². The number of benzene rings is 1. The van der Waals surface area contributed by atoms with E-state index in [9.17, 15) is 4.79 Å². The van der Waals surface area contributed by atoms with Crippen LogP contribution in [0.1, 0.15) is 24.3 Å². The van der Waals surface area contributed by atoms with Gasteiger partial charge in [0.05, 0.1) is 6.10 Å². The maximum atomic E-state index is 10.9. The molecule has 1 heterocycles. The Balaban J connectivity index is 2.27. The van der Waals surface area contributed by atoms with E-state index in [1.807, 2.05) is 38.1 Å². The molecule has 0 saturated carbocycles. The van der Waals surface area contributed by atoms with E-state index >= 15 is 0 Å². The van der Waals surface area contributed by atoms with Crippen molar-refractivity contribution in [3.63, 3.8) is 0 Å². The van der Waals surface area contributed by atoms with Crippen LogP contribution in [0.25, 0.3) is 11.4 Å². The first kappa shape index (κ1) is 13.6. The Morgan fingerprint density at radius 2 is 2.00 bits per heavy atom. The van der Waals surface area contributed by atoms with Crippen molar-refractivity contribution in [2.45, 2.75) is 20.0 Å². The Bertz CT molecular complexity index is 590. The maximum absolute atomic E-state index is 10.9. The van der Waals surface area contributed by atoms with Crippen molar-refractivity contribution in [3.05, 3.63) is 34.6 Å². The second-order valence-corrected chi connectivity index (χ2v) is 5.04. The van der Waals surface area contributed by atoms with E-state index in [1.165, 1.54) is 0 Å². The van der Waals surface area contributed by atoms with Gasteiger partial charge in [0.15, 0.2) is 5.69 Å². The van der Waals surface area contributed by atoms with Crippen LogP contribution in [0.5, 0.6) is 5.75 Å². The van der Waals surface area contributed by atoms with Crippen LogP contribution in [0.15, 0.2) is 28.9 Å². The van der Waals surface area contributed by atoms with Crippen LogP contribution >= 0.6 is 15.9 Å². The zero-order valence-corrected chi connectivity index (χ0v) is 12.1. The number of imidazole rings is 1. The van der Waals surface area contributed by atoms with E-state index in [0.29, 0.717) is 10.4 Å². The molecule has 0 bridgehead atoms. The molecule has 19 heavy (non-hydrogen) atoms. The standard InChI is InChI=1S/C13H13BrN2O3/c1-7(2)19-9-5-3-8(4-6-9)12-15-10(13(17)18)11(14)16-12/h3-7H,1-2H3,(H,15,16)(H,17,18). The third kappa shape index (κ3) is 3.14. The largest absolute Gasteiger partial charge is 0.491 e. The molecule has 100 valence electrons. The van der Waals surface area contributed by atoms with Crippen molar-refractivity contribution in [1.29, 1.82) is 0 Å². The number of hydrogen-bond acceptors (Lipinski definition) is 3. The molecule has 0 saturated heterocycles. The topological polar surface area (TPSA) is 75.2 Å². The quantitative estimate of drug-likeness (QED) is 0.904. The molecule has 0 aliphatic carbocycles. The van der Waals surface area contributed by atoms with Gasteiger partial charge in [0.25, 0.3) is 0 Å². The summed E-state index contributed by atoms with van der Waals surface area (Å²) in [5.41, 5.74) is 0.766. The monoisotopic (exact) mass is 324 g/mol. The highest BCUT2D eigenvalue weighted by molar-refractivity contribution is 9.10. The molecule has 0 aliphatic rings. The zero-order chi connectivity index (χ0) is 14.0. The number of nitrogens with one attached hydrogen (secondary N) is 1. The van der Waals surface area contributed by atoms with Gasteiger partial charge in [0.2, 0.25) is 0 Å². The van der Waals surface area contributed by atoms with E-state index in [1.54, 1.807) is 0 Å². The van der Waals surface area contributed by atoms with Gasteiger partial charge in [-0.1, -0.05) is 0 Å². The number of aromatic amines is 1. The molecule has 0 fully saturated rings. The van der Waals surface area contributed by atoms with Crippen molar-refractivity contribution in [2.75, 3.05) is 0 Å². The van der Waals surface area contributed by atoms with Crippen molar-refractivity contribution >= 4 is 21.9 Å². The van der Waals surface area contributed by atoms with E-state index in [0.717, 1.165) is 11.3 Å². The molecule has 0 unspecified atom stereocenters. The summed E-state index contributed by atoms with van der Waals surface area (Å²) in [7, 11) is 0. The molecular formula is C13H13BrN2O3. The first-order chi connectivity index (χ1) is 8.97. The van der Waals surface area contributed by atoms with Gasteiger partial charge >= 0.3 is 5.97 Å². The summed E-state index contributed by atoms with van der Waals surface area (Å²) in [6.45, 7) is 3.91. The Morgan fingerprint density at radius 1 is 1.37 bits per heavy atom. The number of hydrogen-bond donors (Lipinski definition) is 2. The van der Waals surface area contributed by atoms with Gasteiger partial charge < -0.3 is 14.8 Å². The predicted molar refractivity (Wildman–Crippen MR) is 74.4 cm³/mol. The summed E-state index contributed by atoms with van der Waals surface area (Å²) >= 11 is 3.14. The minimum absolute atomic E-state index is 0.0301. The van der Waals surface area contributed by atoms with Crippen molar-refractivity contribution in [2.24, 2.45) is 0 Å². The highest BCUT2D eigenvalue weighted by atomic mass is 79.9. The lowest BCUT2D eigenvalue weighted by atomic mass is 10.2. The molecule has 0 spiro atoms. The number of nitrogens with zero attached hydrogens (tertiary/aromatic N) is 1. The summed E-state index contributed by atoms with van der Waals surface area (Å²) in [5.74, 6) is 0.192. The van der Waals surface area contributed by atoms with E-state index in [4.69, 9.17) is 9.84 Å². The fourth-order valence-corrected chi connectivity index (χ4v) is 2.04. The van der Waals surface area contributed by atoms with Crippen LogP contribution in [0.2, 0.25) is 0 Å². The lowest BCUT2D eigenvalue weighted by molar-refractivity contribution is 0.0690. The summed E-state index contributed by atoms with van der Waals surface area (Å²) in [5, 5.41) is 8.94. The lowest BCUT2D eigenvalue weighted by Crippen LogP contribution is -2.05. The van der Waals surface area contributed by atoms with Gasteiger partial charge in [-0.25, -0.2) is 9.78 Å². The molecule has 0 atom stereocenters. The Kier molecular flexibility index (Phi) is 3.90. The third-order valence-corrected chi connectivity index (χ3v) is 2.94. The molecule has 0 amide bonds. The summed E-state index contributed by atoms with van der Waals surface area (Å²) in [6, 6.07) is 7.31. The number of ether oxygens (including phenoxy) is 1. The molecule has 6 heteroatoms. The average Bonchev–Trinajstić information content (AvgIpc) is 2.71. The van der Waals surface area contributed by atoms with E-state index in [2.05, 4.69) is 25.9 Å². The molecule has 2 rings (SSSR count). The van der Waals surface area contributed by atoms with Gasteiger partial charge in [-0.05, 0) is 54.0 Å². The number of rotatable bonds is 4. The summed E-state index contributed by atoms with van der Waals surface area (Å²) in [6.07, 6.45) is 0.113. The number of aromatic nitrogens is 2. The first-order valence-electron chi connectivity index (χ1n) is 5.73. The van der Waals surface area contributed by atoms with Gasteiger partial charge in [0.1, 0.15) is 16.2 Å². The SMILES string of the molecule is CC(C)Oc1ccc(-c2nc(C(=O)O)c(Br)[nH]2)cc1. The van der Waals surface area contributed by atoms with E-state index < -0.39 is 5.97 Å². The Morgan fingerprint density at radius 3 is 2.47 bits per heavy atom. The summed E-state index contributed by atoms with van der Waals surface area (Å²) in [4.78, 5) is 17.8. The Labute approximate surface area is 118 Å². The van der Waals surface area contributed by atoms with E-state index in [-0.39, 0.29) is 11.8 Å². The third-order valence-electron chi connectivity index (χ3n) is 2.36. The Hall–Kier alpha value is -1.82. The molecule has 0 aliphatic heterocycles. The number of halogens is 1. The zero-order valence-electron chi connectivity index (χ0n) is 10.5. The second-order valence-electron chi connectivity index (χ2n) is 4.24. The summed E-state index contributed by atoms with van der Waals surface area (Å²) < 4.78 is 5.90. The maximum Gasteiger partial charge on any atom is 0.357 e. The molecule has 2 aromatic rings. The fraction of sp³-hybridized carbons (Fsp3) is 0.231. The fourth-order valence-electron chi connectivity index (χ4n) is 1.59. The minimum atomic E-state index is -1.07. The van der Waals surface area contributed by atoms with Gasteiger partial charge in [0, 0.05) is 5.56 Å². The van der Waals surface area contributed by atoms with Crippen LogP contribution in [-0.2, 0) is 0 Å². The van der Waals surface area contributed by atoms with Crippen LogP contribution in [0.4, 0.5) is 0 Å². The molecule has 5 nitrogen and oxygen atoms in total. The molecule has 0 radical (unpaired) electrons. The normalized spacial score (nSPS) is 10.7. The number of aromatic carboxylic acids is 1. The molecule has 1 aromatic heterocycles. The van der Waals surface area contributed by atoms with Crippen LogP contribution in [-0.4, -0.2) is 27.1 Å². The van der Waals surface area contributed by atoms with Crippen LogP contribution in [0.3, 0.4) is 0 Å². The smallest absolute Gasteiger partial charge is 0.357 e. The molecule has 1 aromatic carbocycles. The van der Waals surface area contributed by atoms with Crippen LogP contribution < -0.4 is 4.74 Å². The highest BCUT2D eigenvalue weighted by Crippen LogP contribution is 2.24. The van der Waals surface area contributed by atoms with Crippen molar-refractivity contribution < 1.29 is 14.6 Å². The van der Waals surface area contributed by atoms with Crippen molar-refractivity contribution in [3.8, 4) is 17.1 Å². The highest BCUT2D eigenvalue weighted by Gasteiger charge is 2.15. The average molecular weight is 325 g/mol. The van der Waals surface area contributed by atoms with Gasteiger partial charge in [-0.3, -0.25) is 0 Å². The second kappa shape index (κ2) is 5.44. The first-order valence-corrected chi connectivity index (χ1v) is 6.52. The molecule has 2 N–H and O–H groups in total. The number of carbonyl (C=O) groups is 1. The predicted octanol–water partition coefficient (Wildman–Crippen LogP) is 3.32.